The van der Waals surface area contributed by atoms with Gasteiger partial charge in [0.15, 0.2) is 6.61 Å². The summed E-state index contributed by atoms with van der Waals surface area (Å²) in [6, 6.07) is 4.82. The number of nitrogens with one attached hydrogen (secondary N) is 1. The predicted molar refractivity (Wildman–Crippen MR) is 56.0 cm³/mol. The van der Waals surface area contributed by atoms with Gasteiger partial charge in [-0.2, -0.15) is 0 Å². The number of likely N-dealkylation sites (N-methyl/N-ethyl adjacent to an activating group) is 1. The SMILES string of the molecule is CNC(=O)COc1ccc(Cl)cc1Cl. The van der Waals surface area contributed by atoms with E-state index in [1.165, 1.54) is 7.05 Å². The molecule has 0 atom stereocenters. The van der Waals surface area contributed by atoms with E-state index in [0.29, 0.717) is 15.8 Å². The summed E-state index contributed by atoms with van der Waals surface area (Å²) >= 11 is 11.5. The van der Waals surface area contributed by atoms with Crippen LogP contribution in [0.4, 0.5) is 0 Å². The monoisotopic (exact) mass is 233 g/mol. The van der Waals surface area contributed by atoms with Gasteiger partial charge in [-0.3, -0.25) is 4.79 Å². The van der Waals surface area contributed by atoms with E-state index in [2.05, 4.69) is 5.32 Å². The Bertz CT molecular complexity index is 342. The fraction of sp³-hybridized carbons (Fsp3) is 0.222. The molecule has 1 rings (SSSR count). The molecule has 0 aliphatic carbocycles. The minimum absolute atomic E-state index is 0.0577. The van der Waals surface area contributed by atoms with Gasteiger partial charge in [-0.25, -0.2) is 0 Å². The molecule has 0 saturated heterocycles. The summed E-state index contributed by atoms with van der Waals surface area (Å²) in [5, 5.41) is 3.35. The molecule has 76 valence electrons. The van der Waals surface area contributed by atoms with E-state index in [0.717, 1.165) is 0 Å². The summed E-state index contributed by atoms with van der Waals surface area (Å²) in [5.41, 5.74) is 0. The number of hydrogen-bond acceptors (Lipinski definition) is 2. The maximum atomic E-state index is 10.9. The summed E-state index contributed by atoms with van der Waals surface area (Å²) < 4.78 is 5.14. The fourth-order valence-electron chi connectivity index (χ4n) is 0.808. The highest BCUT2D eigenvalue weighted by Gasteiger charge is 2.04. The smallest absolute Gasteiger partial charge is 0.257 e. The van der Waals surface area contributed by atoms with E-state index in [1.54, 1.807) is 18.2 Å². The quantitative estimate of drug-likeness (QED) is 0.869. The highest BCUT2D eigenvalue weighted by Crippen LogP contribution is 2.27. The second kappa shape index (κ2) is 5.08. The second-order valence-corrected chi connectivity index (χ2v) is 3.38. The Morgan fingerprint density at radius 2 is 2.21 bits per heavy atom. The van der Waals surface area contributed by atoms with Crippen LogP contribution < -0.4 is 10.1 Å². The van der Waals surface area contributed by atoms with Crippen LogP contribution in [0.5, 0.6) is 5.75 Å². The van der Waals surface area contributed by atoms with Crippen LogP contribution in [0.25, 0.3) is 0 Å². The number of ether oxygens (including phenoxy) is 1. The molecule has 0 aliphatic heterocycles. The van der Waals surface area contributed by atoms with Gasteiger partial charge in [-0.15, -0.1) is 0 Å². The molecular weight excluding hydrogens is 225 g/mol. The van der Waals surface area contributed by atoms with Crippen LogP contribution in [-0.2, 0) is 4.79 Å². The van der Waals surface area contributed by atoms with Crippen molar-refractivity contribution in [3.8, 4) is 5.75 Å². The number of carbonyl (C=O) groups excluding carboxylic acids is 1. The Morgan fingerprint density at radius 1 is 1.50 bits per heavy atom. The number of carbonyl (C=O) groups is 1. The van der Waals surface area contributed by atoms with Gasteiger partial charge < -0.3 is 10.1 Å². The summed E-state index contributed by atoms with van der Waals surface area (Å²) in [6.07, 6.45) is 0. The van der Waals surface area contributed by atoms with Crippen LogP contribution in [0.15, 0.2) is 18.2 Å². The minimum atomic E-state index is -0.212. The molecule has 3 nitrogen and oxygen atoms in total. The van der Waals surface area contributed by atoms with E-state index in [4.69, 9.17) is 27.9 Å². The standard InChI is InChI=1S/C9H9Cl2NO2/c1-12-9(13)5-14-8-3-2-6(10)4-7(8)11/h2-4H,5H2,1H3,(H,12,13). The first-order valence-corrected chi connectivity index (χ1v) is 4.67. The molecule has 0 fully saturated rings. The van der Waals surface area contributed by atoms with Crippen molar-refractivity contribution in [2.75, 3.05) is 13.7 Å². The van der Waals surface area contributed by atoms with Crippen molar-refractivity contribution in [2.24, 2.45) is 0 Å². The number of hydrogen-bond donors (Lipinski definition) is 1. The zero-order valence-electron chi connectivity index (χ0n) is 7.51. The highest BCUT2D eigenvalue weighted by atomic mass is 35.5. The Labute approximate surface area is 92.0 Å². The van der Waals surface area contributed by atoms with Crippen molar-refractivity contribution in [3.05, 3.63) is 28.2 Å². The molecule has 0 heterocycles. The molecular formula is C9H9Cl2NO2. The van der Waals surface area contributed by atoms with Crippen molar-refractivity contribution in [3.63, 3.8) is 0 Å². The van der Waals surface area contributed by atoms with Crippen LogP contribution in [-0.4, -0.2) is 19.6 Å². The third-order valence-electron chi connectivity index (χ3n) is 1.53. The number of amides is 1. The molecule has 1 amide bonds. The number of rotatable bonds is 3. The minimum Gasteiger partial charge on any atom is -0.482 e. The Balaban J connectivity index is 2.63. The van der Waals surface area contributed by atoms with Crippen molar-refractivity contribution < 1.29 is 9.53 Å². The number of benzene rings is 1. The lowest BCUT2D eigenvalue weighted by Gasteiger charge is -2.06. The van der Waals surface area contributed by atoms with Gasteiger partial charge in [-0.1, -0.05) is 23.2 Å². The number of halogens is 2. The van der Waals surface area contributed by atoms with E-state index < -0.39 is 0 Å². The molecule has 5 heteroatoms. The van der Waals surface area contributed by atoms with Crippen LogP contribution in [0, 0.1) is 0 Å². The van der Waals surface area contributed by atoms with E-state index in [9.17, 15) is 4.79 Å². The molecule has 1 N–H and O–H groups in total. The Hall–Kier alpha value is -0.930. The van der Waals surface area contributed by atoms with Gasteiger partial charge >= 0.3 is 0 Å². The first-order valence-electron chi connectivity index (χ1n) is 3.92. The van der Waals surface area contributed by atoms with Crippen LogP contribution in [0.2, 0.25) is 10.0 Å². The second-order valence-electron chi connectivity index (χ2n) is 2.54. The maximum absolute atomic E-state index is 10.9. The molecule has 14 heavy (non-hydrogen) atoms. The average Bonchev–Trinajstić information content (AvgIpc) is 2.16. The van der Waals surface area contributed by atoms with Gasteiger partial charge in [0.2, 0.25) is 0 Å². The molecule has 1 aromatic carbocycles. The summed E-state index contributed by atoms with van der Waals surface area (Å²) in [5.74, 6) is 0.232. The Morgan fingerprint density at radius 3 is 2.79 bits per heavy atom. The van der Waals surface area contributed by atoms with E-state index in [1.807, 2.05) is 0 Å². The van der Waals surface area contributed by atoms with Crippen LogP contribution >= 0.6 is 23.2 Å². The molecule has 1 aromatic rings. The lowest BCUT2D eigenvalue weighted by Crippen LogP contribution is -2.24. The molecule has 0 spiro atoms. The van der Waals surface area contributed by atoms with Crippen LogP contribution in [0.3, 0.4) is 0 Å². The molecule has 0 aromatic heterocycles. The summed E-state index contributed by atoms with van der Waals surface area (Å²) in [4.78, 5) is 10.9. The largest absolute Gasteiger partial charge is 0.482 e. The van der Waals surface area contributed by atoms with Gasteiger partial charge in [0.25, 0.3) is 5.91 Å². The zero-order valence-corrected chi connectivity index (χ0v) is 9.02. The first-order chi connectivity index (χ1) is 6.63. The lowest BCUT2D eigenvalue weighted by molar-refractivity contribution is -0.122. The highest BCUT2D eigenvalue weighted by molar-refractivity contribution is 6.35. The van der Waals surface area contributed by atoms with Crippen molar-refractivity contribution >= 4 is 29.1 Å². The molecule has 0 unspecified atom stereocenters. The van der Waals surface area contributed by atoms with E-state index in [-0.39, 0.29) is 12.5 Å². The third-order valence-corrected chi connectivity index (χ3v) is 2.06. The van der Waals surface area contributed by atoms with Gasteiger partial charge in [0.05, 0.1) is 5.02 Å². The van der Waals surface area contributed by atoms with Crippen LogP contribution in [0.1, 0.15) is 0 Å². The molecule has 0 aliphatic rings. The Kier molecular flexibility index (Phi) is 4.04. The van der Waals surface area contributed by atoms with Gasteiger partial charge in [-0.05, 0) is 18.2 Å². The zero-order chi connectivity index (χ0) is 10.6. The summed E-state index contributed by atoms with van der Waals surface area (Å²) in [6.45, 7) is -0.0577. The third kappa shape index (κ3) is 3.09. The first kappa shape index (κ1) is 11.1. The van der Waals surface area contributed by atoms with Crippen molar-refractivity contribution in [1.29, 1.82) is 0 Å². The molecule has 0 saturated carbocycles. The molecule has 0 radical (unpaired) electrons. The molecule has 0 bridgehead atoms. The maximum Gasteiger partial charge on any atom is 0.257 e. The van der Waals surface area contributed by atoms with Crippen molar-refractivity contribution in [2.45, 2.75) is 0 Å². The van der Waals surface area contributed by atoms with Crippen molar-refractivity contribution in [1.82, 2.24) is 5.32 Å². The normalized spacial score (nSPS) is 9.64. The summed E-state index contributed by atoms with van der Waals surface area (Å²) in [7, 11) is 1.54. The predicted octanol–water partition coefficient (Wildman–Crippen LogP) is 2.12. The lowest BCUT2D eigenvalue weighted by atomic mass is 10.3. The fourth-order valence-corrected chi connectivity index (χ4v) is 1.27. The van der Waals surface area contributed by atoms with E-state index >= 15 is 0 Å². The van der Waals surface area contributed by atoms with Gasteiger partial charge in [0, 0.05) is 12.1 Å². The van der Waals surface area contributed by atoms with Gasteiger partial charge in [0.1, 0.15) is 5.75 Å². The topological polar surface area (TPSA) is 38.3 Å². The average molecular weight is 234 g/mol.